The van der Waals surface area contributed by atoms with Crippen molar-refractivity contribution in [2.75, 3.05) is 7.11 Å². The fraction of sp³-hybridized carbons (Fsp3) is 0.0556. The van der Waals surface area contributed by atoms with Crippen LogP contribution in [0.25, 0.3) is 6.08 Å². The van der Waals surface area contributed by atoms with Crippen molar-refractivity contribution in [2.24, 2.45) is 4.99 Å². The molecular weight excluding hydrogens is 395 g/mol. The van der Waals surface area contributed by atoms with Gasteiger partial charge >= 0.3 is 5.97 Å². The smallest absolute Gasteiger partial charge is 0.337 e. The summed E-state index contributed by atoms with van der Waals surface area (Å²) in [4.78, 5) is 28.4. The first-order chi connectivity index (χ1) is 12.5. The van der Waals surface area contributed by atoms with E-state index in [2.05, 4.69) is 15.0 Å². The predicted molar refractivity (Wildman–Crippen MR) is 105 cm³/mol. The van der Waals surface area contributed by atoms with Gasteiger partial charge in [-0.2, -0.15) is 0 Å². The van der Waals surface area contributed by atoms with Gasteiger partial charge in [-0.3, -0.25) is 4.79 Å². The minimum Gasteiger partial charge on any atom is -0.465 e. The summed E-state index contributed by atoms with van der Waals surface area (Å²) in [7, 11) is 1.32. The highest BCUT2D eigenvalue weighted by Gasteiger charge is 2.24. The number of rotatable bonds is 3. The summed E-state index contributed by atoms with van der Waals surface area (Å²) in [5.41, 5.74) is 1.74. The van der Waals surface area contributed by atoms with E-state index in [1.54, 1.807) is 48.5 Å². The zero-order chi connectivity index (χ0) is 18.7. The van der Waals surface area contributed by atoms with E-state index in [0.29, 0.717) is 31.4 Å². The molecule has 3 rings (SSSR count). The van der Waals surface area contributed by atoms with Gasteiger partial charge in [0.2, 0.25) is 0 Å². The molecule has 1 fully saturated rings. The molecule has 2 aromatic carbocycles. The highest BCUT2D eigenvalue weighted by Crippen LogP contribution is 2.32. The number of thioether (sulfide) groups is 1. The topological polar surface area (TPSA) is 67.8 Å². The summed E-state index contributed by atoms with van der Waals surface area (Å²) in [6.45, 7) is 0. The van der Waals surface area contributed by atoms with Crippen molar-refractivity contribution in [3.8, 4) is 0 Å². The molecule has 1 amide bonds. The molecule has 0 aromatic heterocycles. The van der Waals surface area contributed by atoms with Crippen LogP contribution < -0.4 is 5.32 Å². The Hall–Kier alpha value is -2.28. The van der Waals surface area contributed by atoms with Crippen molar-refractivity contribution in [3.63, 3.8) is 0 Å². The number of esters is 1. The molecule has 2 aromatic rings. The Kier molecular flexibility index (Phi) is 5.66. The molecule has 0 spiro atoms. The van der Waals surface area contributed by atoms with Crippen LogP contribution in [0, 0.1) is 0 Å². The second-order valence-electron chi connectivity index (χ2n) is 5.19. The van der Waals surface area contributed by atoms with Crippen LogP contribution in [0.4, 0.5) is 5.69 Å². The molecule has 0 radical (unpaired) electrons. The standard InChI is InChI=1S/C18H12Cl2N2O3S/c1-25-17(24)11-4-2-10(3-5-11)8-15-16(23)22-18(26-15)21-14-7-6-12(19)9-13(14)20/h2-9H,1H3,(H,21,22,23). The van der Waals surface area contributed by atoms with E-state index in [-0.39, 0.29) is 5.91 Å². The van der Waals surface area contributed by atoms with Gasteiger partial charge in [-0.05, 0) is 53.7 Å². The molecule has 0 unspecified atom stereocenters. The fourth-order valence-corrected chi connectivity index (χ4v) is 3.43. The Morgan fingerprint density at radius 2 is 1.92 bits per heavy atom. The monoisotopic (exact) mass is 406 g/mol. The van der Waals surface area contributed by atoms with Crippen LogP contribution in [0.2, 0.25) is 10.0 Å². The lowest BCUT2D eigenvalue weighted by Gasteiger charge is -2.00. The molecule has 1 aliphatic rings. The van der Waals surface area contributed by atoms with Crippen LogP contribution in [-0.2, 0) is 9.53 Å². The molecule has 0 bridgehead atoms. The van der Waals surface area contributed by atoms with Gasteiger partial charge in [0.05, 0.1) is 28.3 Å². The third kappa shape index (κ3) is 4.27. The minimum atomic E-state index is -0.411. The number of hydrogen-bond donors (Lipinski definition) is 1. The van der Waals surface area contributed by atoms with Gasteiger partial charge in [-0.25, -0.2) is 9.79 Å². The van der Waals surface area contributed by atoms with E-state index in [1.807, 2.05) is 0 Å². The first kappa shape index (κ1) is 18.5. The minimum absolute atomic E-state index is 0.254. The molecule has 1 aliphatic heterocycles. The number of halogens is 2. The molecule has 26 heavy (non-hydrogen) atoms. The number of benzene rings is 2. The maximum absolute atomic E-state index is 12.1. The van der Waals surface area contributed by atoms with E-state index in [1.165, 1.54) is 18.9 Å². The number of methoxy groups -OCH3 is 1. The van der Waals surface area contributed by atoms with Gasteiger partial charge < -0.3 is 10.1 Å². The van der Waals surface area contributed by atoms with Crippen LogP contribution in [0.3, 0.4) is 0 Å². The molecular formula is C18H12Cl2N2O3S. The zero-order valence-corrected chi connectivity index (χ0v) is 15.8. The normalized spacial score (nSPS) is 16.8. The number of aliphatic imine (C=N–C) groups is 1. The molecule has 1 heterocycles. The predicted octanol–water partition coefficient (Wildman–Crippen LogP) is 4.67. The molecule has 5 nitrogen and oxygen atoms in total. The van der Waals surface area contributed by atoms with Gasteiger partial charge in [-0.15, -0.1) is 0 Å². The lowest BCUT2D eigenvalue weighted by atomic mass is 10.1. The number of carbonyl (C=O) groups is 2. The Morgan fingerprint density at radius 1 is 1.19 bits per heavy atom. The highest BCUT2D eigenvalue weighted by molar-refractivity contribution is 8.18. The molecule has 0 atom stereocenters. The SMILES string of the molecule is COC(=O)c1ccc(C=C2SC(=Nc3ccc(Cl)cc3Cl)NC2=O)cc1. The fourth-order valence-electron chi connectivity index (χ4n) is 2.15. The first-order valence-electron chi connectivity index (χ1n) is 7.39. The average molecular weight is 407 g/mol. The number of ether oxygens (including phenoxy) is 1. The van der Waals surface area contributed by atoms with Crippen molar-refractivity contribution < 1.29 is 14.3 Å². The number of amidine groups is 1. The zero-order valence-electron chi connectivity index (χ0n) is 13.5. The summed E-state index contributed by atoms with van der Waals surface area (Å²) in [6, 6.07) is 11.7. The van der Waals surface area contributed by atoms with Crippen molar-refractivity contribution >= 4 is 63.8 Å². The second kappa shape index (κ2) is 7.95. The van der Waals surface area contributed by atoms with E-state index in [9.17, 15) is 9.59 Å². The molecule has 0 aliphatic carbocycles. The van der Waals surface area contributed by atoms with Crippen molar-refractivity contribution in [3.05, 3.63) is 68.5 Å². The van der Waals surface area contributed by atoms with Crippen molar-refractivity contribution in [1.29, 1.82) is 0 Å². The van der Waals surface area contributed by atoms with Crippen LogP contribution in [0.1, 0.15) is 15.9 Å². The van der Waals surface area contributed by atoms with Gasteiger partial charge in [0.1, 0.15) is 0 Å². The summed E-state index contributed by atoms with van der Waals surface area (Å²) >= 11 is 13.2. The third-order valence-corrected chi connectivity index (χ3v) is 4.86. The number of nitrogens with one attached hydrogen (secondary N) is 1. The molecule has 0 saturated carbocycles. The van der Waals surface area contributed by atoms with Crippen LogP contribution in [0.5, 0.6) is 0 Å². The quantitative estimate of drug-likeness (QED) is 0.593. The average Bonchev–Trinajstić information content (AvgIpc) is 2.96. The lowest BCUT2D eigenvalue weighted by Crippen LogP contribution is -2.19. The van der Waals surface area contributed by atoms with Crippen LogP contribution in [-0.4, -0.2) is 24.2 Å². The van der Waals surface area contributed by atoms with E-state index >= 15 is 0 Å². The molecule has 1 N–H and O–H groups in total. The largest absolute Gasteiger partial charge is 0.465 e. The van der Waals surface area contributed by atoms with Crippen molar-refractivity contribution in [1.82, 2.24) is 5.32 Å². The van der Waals surface area contributed by atoms with Crippen molar-refractivity contribution in [2.45, 2.75) is 0 Å². The van der Waals surface area contributed by atoms with Crippen LogP contribution >= 0.6 is 35.0 Å². The number of nitrogens with zero attached hydrogens (tertiary/aromatic N) is 1. The number of carbonyl (C=O) groups excluding carboxylic acids is 2. The summed E-state index contributed by atoms with van der Waals surface area (Å²) < 4.78 is 4.66. The Bertz CT molecular complexity index is 940. The Morgan fingerprint density at radius 3 is 2.58 bits per heavy atom. The Labute approximate surface area is 164 Å². The van der Waals surface area contributed by atoms with Crippen LogP contribution in [0.15, 0.2) is 52.4 Å². The summed E-state index contributed by atoms with van der Waals surface area (Å²) in [5, 5.41) is 4.03. The van der Waals surface area contributed by atoms with Gasteiger partial charge in [0.15, 0.2) is 5.17 Å². The number of amides is 1. The van der Waals surface area contributed by atoms with Gasteiger partial charge in [0.25, 0.3) is 5.91 Å². The molecule has 1 saturated heterocycles. The second-order valence-corrected chi connectivity index (χ2v) is 7.07. The maximum Gasteiger partial charge on any atom is 0.337 e. The summed E-state index contributed by atoms with van der Waals surface area (Å²) in [6.07, 6.45) is 1.72. The van der Waals surface area contributed by atoms with E-state index in [0.717, 1.165) is 5.56 Å². The van der Waals surface area contributed by atoms with Gasteiger partial charge in [0, 0.05) is 5.02 Å². The third-order valence-electron chi connectivity index (χ3n) is 3.41. The number of hydrogen-bond acceptors (Lipinski definition) is 5. The highest BCUT2D eigenvalue weighted by atomic mass is 35.5. The van der Waals surface area contributed by atoms with E-state index in [4.69, 9.17) is 23.2 Å². The Balaban J connectivity index is 1.80. The molecule has 132 valence electrons. The summed E-state index contributed by atoms with van der Waals surface area (Å²) in [5.74, 6) is -0.665. The van der Waals surface area contributed by atoms with Gasteiger partial charge in [-0.1, -0.05) is 35.3 Å². The first-order valence-corrected chi connectivity index (χ1v) is 8.96. The lowest BCUT2D eigenvalue weighted by molar-refractivity contribution is -0.115. The van der Waals surface area contributed by atoms with E-state index < -0.39 is 5.97 Å². The maximum atomic E-state index is 12.1. The molecule has 8 heteroatoms.